The van der Waals surface area contributed by atoms with E-state index in [1.807, 2.05) is 78.9 Å². The minimum atomic E-state index is -0.576. The van der Waals surface area contributed by atoms with E-state index in [0.717, 1.165) is 34.8 Å². The first kappa shape index (κ1) is 25.3. The molecule has 0 bridgehead atoms. The van der Waals surface area contributed by atoms with Crippen LogP contribution < -0.4 is 14.2 Å². The second-order valence-corrected chi connectivity index (χ2v) is 8.63. The molecule has 0 radical (unpaired) electrons. The van der Waals surface area contributed by atoms with Crippen molar-refractivity contribution in [3.05, 3.63) is 115 Å². The van der Waals surface area contributed by atoms with Crippen molar-refractivity contribution in [1.82, 2.24) is 0 Å². The standard InChI is InChI=1S/C32H34O4/c1-3-25(2)26-18-20-29(21-19-26)36-32(24-35-28-14-8-5-9-15-28)34-23-22-33-31-17-11-10-16-30(31)27-12-6-4-7-13-27/h4-21,25,32H,3,22-24H2,1-2H3. The van der Waals surface area contributed by atoms with Crippen molar-refractivity contribution in [3.8, 4) is 28.4 Å². The zero-order valence-corrected chi connectivity index (χ0v) is 21.0. The lowest BCUT2D eigenvalue weighted by Gasteiger charge is -2.21. The SMILES string of the molecule is CCC(C)c1ccc(OC(COc2ccccc2)OCCOc2ccccc2-c2ccccc2)cc1. The van der Waals surface area contributed by atoms with Gasteiger partial charge in [-0.15, -0.1) is 0 Å². The monoisotopic (exact) mass is 482 g/mol. The molecule has 0 heterocycles. The van der Waals surface area contributed by atoms with Crippen molar-refractivity contribution in [2.45, 2.75) is 32.5 Å². The summed E-state index contributed by atoms with van der Waals surface area (Å²) in [5.74, 6) is 2.86. The number of para-hydroxylation sites is 2. The molecule has 2 atom stereocenters. The molecule has 4 aromatic rings. The Kier molecular flexibility index (Phi) is 9.40. The molecule has 0 fully saturated rings. The summed E-state index contributed by atoms with van der Waals surface area (Å²) >= 11 is 0. The Morgan fingerprint density at radius 3 is 2.03 bits per heavy atom. The van der Waals surface area contributed by atoms with Crippen LogP contribution >= 0.6 is 0 Å². The highest BCUT2D eigenvalue weighted by Gasteiger charge is 2.14. The molecule has 0 saturated heterocycles. The van der Waals surface area contributed by atoms with Gasteiger partial charge in [0.2, 0.25) is 6.29 Å². The highest BCUT2D eigenvalue weighted by atomic mass is 16.7. The smallest absolute Gasteiger partial charge is 0.234 e. The third kappa shape index (κ3) is 7.37. The van der Waals surface area contributed by atoms with E-state index in [1.54, 1.807) is 0 Å². The Morgan fingerprint density at radius 2 is 1.31 bits per heavy atom. The summed E-state index contributed by atoms with van der Waals surface area (Å²) in [5.41, 5.74) is 3.47. The van der Waals surface area contributed by atoms with Crippen molar-refractivity contribution in [2.75, 3.05) is 19.8 Å². The van der Waals surface area contributed by atoms with Crippen LogP contribution in [0.15, 0.2) is 109 Å². The molecule has 0 aromatic heterocycles. The first-order valence-electron chi connectivity index (χ1n) is 12.6. The molecule has 0 N–H and O–H groups in total. The average molecular weight is 483 g/mol. The average Bonchev–Trinajstić information content (AvgIpc) is 2.95. The van der Waals surface area contributed by atoms with Crippen LogP contribution in [-0.2, 0) is 4.74 Å². The summed E-state index contributed by atoms with van der Waals surface area (Å²) in [4.78, 5) is 0. The van der Waals surface area contributed by atoms with Gasteiger partial charge < -0.3 is 18.9 Å². The summed E-state index contributed by atoms with van der Waals surface area (Å²) in [6, 6.07) is 36.2. The molecule has 4 nitrogen and oxygen atoms in total. The summed E-state index contributed by atoms with van der Waals surface area (Å²) < 4.78 is 24.2. The minimum absolute atomic E-state index is 0.262. The van der Waals surface area contributed by atoms with Crippen LogP contribution in [0, 0.1) is 0 Å². The molecule has 0 aliphatic heterocycles. The first-order chi connectivity index (χ1) is 17.7. The fourth-order valence-electron chi connectivity index (χ4n) is 3.84. The van der Waals surface area contributed by atoms with E-state index >= 15 is 0 Å². The van der Waals surface area contributed by atoms with Crippen LogP contribution in [0.2, 0.25) is 0 Å². The van der Waals surface area contributed by atoms with E-state index in [0.29, 0.717) is 19.1 Å². The Hall–Kier alpha value is -3.76. The molecule has 0 aliphatic carbocycles. The van der Waals surface area contributed by atoms with Gasteiger partial charge in [0.25, 0.3) is 0 Å². The normalized spacial score (nSPS) is 12.5. The van der Waals surface area contributed by atoms with Gasteiger partial charge in [0.15, 0.2) is 6.61 Å². The van der Waals surface area contributed by atoms with Crippen LogP contribution in [0.3, 0.4) is 0 Å². The van der Waals surface area contributed by atoms with E-state index in [4.69, 9.17) is 18.9 Å². The quantitative estimate of drug-likeness (QED) is 0.144. The molecule has 2 unspecified atom stereocenters. The van der Waals surface area contributed by atoms with Crippen LogP contribution in [0.1, 0.15) is 31.7 Å². The van der Waals surface area contributed by atoms with Crippen LogP contribution in [0.5, 0.6) is 17.2 Å². The molecule has 4 heteroatoms. The van der Waals surface area contributed by atoms with Gasteiger partial charge in [-0.1, -0.05) is 92.7 Å². The molecular formula is C32H34O4. The Balaban J connectivity index is 1.36. The lowest BCUT2D eigenvalue weighted by atomic mass is 9.99. The van der Waals surface area contributed by atoms with Gasteiger partial charge >= 0.3 is 0 Å². The topological polar surface area (TPSA) is 36.9 Å². The van der Waals surface area contributed by atoms with E-state index in [9.17, 15) is 0 Å². The van der Waals surface area contributed by atoms with Gasteiger partial charge in [0, 0.05) is 5.56 Å². The lowest BCUT2D eigenvalue weighted by molar-refractivity contribution is -0.107. The third-order valence-electron chi connectivity index (χ3n) is 6.07. The zero-order valence-electron chi connectivity index (χ0n) is 21.0. The highest BCUT2D eigenvalue weighted by Crippen LogP contribution is 2.29. The van der Waals surface area contributed by atoms with Crippen molar-refractivity contribution in [3.63, 3.8) is 0 Å². The third-order valence-corrected chi connectivity index (χ3v) is 6.07. The maximum Gasteiger partial charge on any atom is 0.234 e. The summed E-state index contributed by atoms with van der Waals surface area (Å²) in [6.07, 6.45) is 0.525. The molecule has 186 valence electrons. The molecule has 4 aromatic carbocycles. The first-order valence-corrected chi connectivity index (χ1v) is 12.6. The lowest BCUT2D eigenvalue weighted by Crippen LogP contribution is -2.30. The van der Waals surface area contributed by atoms with Crippen LogP contribution in [-0.4, -0.2) is 26.1 Å². The van der Waals surface area contributed by atoms with Crippen molar-refractivity contribution >= 4 is 0 Å². The Bertz CT molecular complexity index is 1160. The molecule has 0 amide bonds. The van der Waals surface area contributed by atoms with E-state index in [2.05, 4.69) is 44.2 Å². The van der Waals surface area contributed by atoms with Gasteiger partial charge in [-0.3, -0.25) is 0 Å². The zero-order chi connectivity index (χ0) is 25.0. The molecule has 0 spiro atoms. The highest BCUT2D eigenvalue weighted by molar-refractivity contribution is 5.70. The van der Waals surface area contributed by atoms with Gasteiger partial charge in [0.1, 0.15) is 23.9 Å². The minimum Gasteiger partial charge on any atom is -0.491 e. The molecular weight excluding hydrogens is 448 g/mol. The maximum atomic E-state index is 6.15. The van der Waals surface area contributed by atoms with Crippen molar-refractivity contribution in [1.29, 1.82) is 0 Å². The predicted molar refractivity (Wildman–Crippen MR) is 145 cm³/mol. The molecule has 4 rings (SSSR count). The number of ether oxygens (including phenoxy) is 4. The fraction of sp³-hybridized carbons (Fsp3) is 0.250. The van der Waals surface area contributed by atoms with Crippen LogP contribution in [0.4, 0.5) is 0 Å². The predicted octanol–water partition coefficient (Wildman–Crippen LogP) is 7.75. The van der Waals surface area contributed by atoms with E-state index in [1.165, 1.54) is 5.56 Å². The van der Waals surface area contributed by atoms with Gasteiger partial charge in [-0.2, -0.15) is 0 Å². The van der Waals surface area contributed by atoms with Gasteiger partial charge in [-0.05, 0) is 53.8 Å². The molecule has 0 aliphatic rings. The second kappa shape index (κ2) is 13.4. The summed E-state index contributed by atoms with van der Waals surface area (Å²) in [7, 11) is 0. The Labute approximate surface area is 214 Å². The maximum absolute atomic E-state index is 6.15. The number of hydrogen-bond donors (Lipinski definition) is 0. The van der Waals surface area contributed by atoms with Crippen molar-refractivity contribution in [2.24, 2.45) is 0 Å². The van der Waals surface area contributed by atoms with Gasteiger partial charge in [-0.25, -0.2) is 0 Å². The van der Waals surface area contributed by atoms with E-state index < -0.39 is 6.29 Å². The largest absolute Gasteiger partial charge is 0.491 e. The Morgan fingerprint density at radius 1 is 0.639 bits per heavy atom. The summed E-state index contributed by atoms with van der Waals surface area (Å²) in [5, 5.41) is 0. The molecule has 0 saturated carbocycles. The number of rotatable bonds is 13. The number of hydrogen-bond acceptors (Lipinski definition) is 4. The second-order valence-electron chi connectivity index (χ2n) is 8.63. The van der Waals surface area contributed by atoms with E-state index in [-0.39, 0.29) is 6.61 Å². The fourth-order valence-corrected chi connectivity index (χ4v) is 3.84. The number of benzene rings is 4. The van der Waals surface area contributed by atoms with Gasteiger partial charge in [0.05, 0.1) is 6.61 Å². The summed E-state index contributed by atoms with van der Waals surface area (Å²) in [6.45, 7) is 5.43. The van der Waals surface area contributed by atoms with Crippen LogP contribution in [0.25, 0.3) is 11.1 Å². The molecule has 36 heavy (non-hydrogen) atoms. The van der Waals surface area contributed by atoms with Crippen molar-refractivity contribution < 1.29 is 18.9 Å².